The number of carbonyl (C=O) groups excluding carboxylic acids is 1. The highest BCUT2D eigenvalue weighted by molar-refractivity contribution is 7.98. The number of aliphatic hydroxyl groups excluding tert-OH is 1. The van der Waals surface area contributed by atoms with Crippen molar-refractivity contribution >= 4 is 35.3 Å². The average molecular weight is 588 g/mol. The molecule has 220 valence electrons. The third kappa shape index (κ3) is 8.11. The van der Waals surface area contributed by atoms with Gasteiger partial charge < -0.3 is 19.6 Å². The van der Waals surface area contributed by atoms with Gasteiger partial charge >= 0.3 is 6.03 Å². The average Bonchev–Trinajstić information content (AvgIpc) is 3.15. The first kappa shape index (κ1) is 32.2. The van der Waals surface area contributed by atoms with Crippen molar-refractivity contribution in [2.45, 2.75) is 63.7 Å². The lowest BCUT2D eigenvalue weighted by molar-refractivity contribution is 0.182. The van der Waals surface area contributed by atoms with Gasteiger partial charge in [-0.2, -0.15) is 0 Å². The van der Waals surface area contributed by atoms with Crippen molar-refractivity contribution in [1.29, 1.82) is 0 Å². The highest BCUT2D eigenvalue weighted by atomic mass is 35.5. The van der Waals surface area contributed by atoms with Crippen LogP contribution in [0.4, 0.5) is 10.5 Å². The fourth-order valence-electron chi connectivity index (χ4n) is 5.60. The summed E-state index contributed by atoms with van der Waals surface area (Å²) in [5.41, 5.74) is 3.81. The Bertz CT molecular complexity index is 1130. The first-order valence-electron chi connectivity index (χ1n) is 14.6. The van der Waals surface area contributed by atoms with E-state index in [9.17, 15) is 4.79 Å². The van der Waals surface area contributed by atoms with E-state index in [0.717, 1.165) is 60.8 Å². The molecule has 0 radical (unpaired) electrons. The number of benzene rings is 2. The highest BCUT2D eigenvalue weighted by Gasteiger charge is 2.34. The molecule has 2 aromatic carbocycles. The zero-order chi connectivity index (χ0) is 29.1. The molecule has 1 aliphatic carbocycles. The van der Waals surface area contributed by atoms with Gasteiger partial charge in [-0.1, -0.05) is 57.0 Å². The minimum atomic E-state index is -0.0876. The molecule has 2 aromatic rings. The maximum Gasteiger partial charge on any atom is 0.327 e. The molecule has 2 heterocycles. The minimum Gasteiger partial charge on any atom is -0.491 e. The summed E-state index contributed by atoms with van der Waals surface area (Å²) in [5.74, 6) is 2.55. The molecule has 0 saturated heterocycles. The molecule has 0 spiro atoms. The summed E-state index contributed by atoms with van der Waals surface area (Å²) in [4.78, 5) is 17.8. The molecule has 3 atom stereocenters. The van der Waals surface area contributed by atoms with Crippen LogP contribution in [0.2, 0.25) is 5.02 Å². The van der Waals surface area contributed by atoms with Crippen LogP contribution < -0.4 is 14.4 Å². The summed E-state index contributed by atoms with van der Waals surface area (Å²) in [5, 5.41) is 7.80. The Hall–Kier alpha value is -2.35. The molecule has 8 heteroatoms. The summed E-state index contributed by atoms with van der Waals surface area (Å²) in [6.45, 7) is 9.42. The van der Waals surface area contributed by atoms with Crippen molar-refractivity contribution in [2.75, 3.05) is 45.3 Å². The monoisotopic (exact) mass is 587 g/mol. The Morgan fingerprint density at radius 3 is 2.58 bits per heavy atom. The van der Waals surface area contributed by atoms with Gasteiger partial charge in [0.2, 0.25) is 0 Å². The molecule has 1 fully saturated rings. The molecule has 2 amide bonds. The number of hydrogen-bond donors (Lipinski definition) is 2. The van der Waals surface area contributed by atoms with Crippen LogP contribution in [0, 0.1) is 11.8 Å². The quantitative estimate of drug-likeness (QED) is 0.287. The number of halogens is 1. The number of carbonyl (C=O) groups is 1. The predicted octanol–water partition coefficient (Wildman–Crippen LogP) is 7.54. The summed E-state index contributed by atoms with van der Waals surface area (Å²) in [6, 6.07) is 12.6. The number of amides is 2. The van der Waals surface area contributed by atoms with E-state index < -0.39 is 0 Å². The maximum atomic E-state index is 12.6. The molecule has 2 aliphatic heterocycles. The third-order valence-electron chi connectivity index (χ3n) is 7.83. The largest absolute Gasteiger partial charge is 0.491 e. The van der Waals surface area contributed by atoms with Crippen molar-refractivity contribution < 1.29 is 14.6 Å². The maximum absolute atomic E-state index is 12.6. The first-order chi connectivity index (χ1) is 19.5. The second kappa shape index (κ2) is 16.2. The zero-order valence-electron chi connectivity index (χ0n) is 24.7. The van der Waals surface area contributed by atoms with Crippen LogP contribution in [0.25, 0.3) is 0 Å². The number of nitrogens with one attached hydrogen (secondary N) is 1. The predicted molar refractivity (Wildman–Crippen MR) is 169 cm³/mol. The molecule has 5 rings (SSSR count). The summed E-state index contributed by atoms with van der Waals surface area (Å²) in [7, 11) is 2.83. The number of nitrogens with zero attached hydrogens (tertiary/aromatic N) is 2. The number of fused-ring (bicyclic) bond motifs is 2. The minimum absolute atomic E-state index is 0.0876. The Morgan fingerprint density at radius 1 is 1.07 bits per heavy atom. The molecular formula is C32H46ClN3O3S. The van der Waals surface area contributed by atoms with E-state index in [0.29, 0.717) is 25.0 Å². The van der Waals surface area contributed by atoms with E-state index >= 15 is 0 Å². The number of likely N-dealkylation sites (N-methyl/N-ethyl adjacent to an activating group) is 1. The molecule has 40 heavy (non-hydrogen) atoms. The fraction of sp³-hybridized carbons (Fsp3) is 0.531. The molecule has 2 N–H and O–H groups in total. The van der Waals surface area contributed by atoms with E-state index in [1.165, 1.54) is 35.9 Å². The lowest BCUT2D eigenvalue weighted by Crippen LogP contribution is -2.40. The van der Waals surface area contributed by atoms with Gasteiger partial charge in [0.15, 0.2) is 0 Å². The number of aliphatic hydroxyl groups is 1. The lowest BCUT2D eigenvalue weighted by Gasteiger charge is -2.41. The summed E-state index contributed by atoms with van der Waals surface area (Å²) >= 11 is 7.75. The Labute approximate surface area is 250 Å². The van der Waals surface area contributed by atoms with Crippen LogP contribution in [0.3, 0.4) is 0 Å². The van der Waals surface area contributed by atoms with Gasteiger partial charge in [0.1, 0.15) is 5.75 Å². The van der Waals surface area contributed by atoms with Gasteiger partial charge in [-0.25, -0.2) is 4.79 Å². The number of hydrogen-bond acceptors (Lipinski definition) is 5. The molecule has 6 nitrogen and oxygen atoms in total. The van der Waals surface area contributed by atoms with Gasteiger partial charge in [0, 0.05) is 49.6 Å². The van der Waals surface area contributed by atoms with Gasteiger partial charge in [-0.3, -0.25) is 4.72 Å². The van der Waals surface area contributed by atoms with E-state index in [1.807, 2.05) is 33.0 Å². The fourth-order valence-corrected chi connectivity index (χ4v) is 6.46. The van der Waals surface area contributed by atoms with Crippen molar-refractivity contribution in [2.24, 2.45) is 11.8 Å². The number of urea groups is 1. The summed E-state index contributed by atoms with van der Waals surface area (Å²) < 4.78 is 9.44. The second-order valence-electron chi connectivity index (χ2n) is 10.3. The first-order valence-corrected chi connectivity index (χ1v) is 15.8. The Balaban J connectivity index is 0.00000106. The number of rotatable bonds is 3. The number of aryl methyl sites for hydroxylation is 1. The van der Waals surface area contributed by atoms with Gasteiger partial charge in [-0.15, -0.1) is 0 Å². The highest BCUT2D eigenvalue weighted by Crippen LogP contribution is 2.43. The molecule has 3 aliphatic rings. The van der Waals surface area contributed by atoms with Crippen molar-refractivity contribution in [3.05, 3.63) is 64.7 Å². The van der Waals surface area contributed by atoms with Crippen molar-refractivity contribution in [3.63, 3.8) is 0 Å². The van der Waals surface area contributed by atoms with Crippen molar-refractivity contribution in [3.8, 4) is 5.75 Å². The molecule has 1 saturated carbocycles. The SMILES string of the molecule is CC.CCCc1cc(Cl)ccc1C1COc2ccc3cc2N(C1)CC1CCC1C/C=C/CN(C)C(=O)NS3.CO. The van der Waals surface area contributed by atoms with Crippen LogP contribution >= 0.6 is 23.5 Å². The van der Waals surface area contributed by atoms with Crippen LogP contribution in [0.5, 0.6) is 5.75 Å². The van der Waals surface area contributed by atoms with Crippen LogP contribution in [-0.4, -0.2) is 56.4 Å². The third-order valence-corrected chi connectivity index (χ3v) is 8.83. The van der Waals surface area contributed by atoms with Gasteiger partial charge in [-0.05, 0) is 90.9 Å². The van der Waals surface area contributed by atoms with Crippen LogP contribution in [0.15, 0.2) is 53.4 Å². The van der Waals surface area contributed by atoms with E-state index in [2.05, 4.69) is 53.0 Å². The number of anilines is 1. The topological polar surface area (TPSA) is 65.0 Å². The van der Waals surface area contributed by atoms with Crippen molar-refractivity contribution in [1.82, 2.24) is 9.62 Å². The van der Waals surface area contributed by atoms with E-state index in [-0.39, 0.29) is 11.9 Å². The van der Waals surface area contributed by atoms with Gasteiger partial charge in [0.25, 0.3) is 0 Å². The zero-order valence-corrected chi connectivity index (χ0v) is 26.2. The molecular weight excluding hydrogens is 542 g/mol. The standard InChI is InChI=1S/C29H36ClN3O2S.C2H6.CH4O/c1-3-6-21-15-24(30)10-12-26(21)23-18-33-17-22-9-8-20(22)7-4-5-14-32(2)29(34)31-36-25-11-13-28(35-19-23)27(33)16-25;2*1-2/h4-5,10-13,15-16,20,22-23H,3,6-9,14,17-19H2,1-2H3,(H,31,34);1-2H3;2H,1H3/b5-4+;;. The normalized spacial score (nSPS) is 23.1. The molecule has 0 aromatic heterocycles. The van der Waals surface area contributed by atoms with Gasteiger partial charge in [0.05, 0.1) is 12.3 Å². The van der Waals surface area contributed by atoms with E-state index in [1.54, 1.807) is 4.90 Å². The summed E-state index contributed by atoms with van der Waals surface area (Å²) in [6.07, 6.45) is 10.1. The Morgan fingerprint density at radius 2 is 1.85 bits per heavy atom. The van der Waals surface area contributed by atoms with E-state index in [4.69, 9.17) is 21.4 Å². The molecule has 2 bridgehead atoms. The number of ether oxygens (including phenoxy) is 1. The smallest absolute Gasteiger partial charge is 0.327 e. The lowest BCUT2D eigenvalue weighted by atomic mass is 9.71. The Kier molecular flexibility index (Phi) is 13.0. The van der Waals surface area contributed by atoms with Crippen LogP contribution in [-0.2, 0) is 6.42 Å². The number of allylic oxidation sites excluding steroid dienone is 1. The molecule has 3 unspecified atom stereocenters. The second-order valence-corrected chi connectivity index (χ2v) is 11.6. The van der Waals surface area contributed by atoms with Crippen LogP contribution in [0.1, 0.15) is 63.5 Å².